The van der Waals surface area contributed by atoms with Gasteiger partial charge in [0.1, 0.15) is 23.5 Å². The van der Waals surface area contributed by atoms with Crippen LogP contribution in [0, 0.1) is 11.3 Å². The van der Waals surface area contributed by atoms with Crippen LogP contribution >= 0.6 is 0 Å². The fourth-order valence-electron chi connectivity index (χ4n) is 4.98. The summed E-state index contributed by atoms with van der Waals surface area (Å²) in [6.45, 7) is 4.18. The van der Waals surface area contributed by atoms with Crippen LogP contribution in [0.15, 0.2) is 53.7 Å². The third-order valence-corrected chi connectivity index (χ3v) is 9.45. The van der Waals surface area contributed by atoms with Crippen molar-refractivity contribution in [1.29, 1.82) is 5.26 Å². The first kappa shape index (κ1) is 29.4. The second-order valence-corrected chi connectivity index (χ2v) is 13.7. The molecule has 2 aromatic carbocycles. The van der Waals surface area contributed by atoms with Crippen LogP contribution < -0.4 is 5.32 Å². The summed E-state index contributed by atoms with van der Waals surface area (Å²) in [5, 5.41) is 10.4. The summed E-state index contributed by atoms with van der Waals surface area (Å²) in [6, 6.07) is 10.3. The minimum absolute atomic E-state index is 0.0558. The lowest BCUT2D eigenvalue weighted by Crippen LogP contribution is -2.50. The first-order valence-corrected chi connectivity index (χ1v) is 14.7. The van der Waals surface area contributed by atoms with E-state index in [2.05, 4.69) is 10.3 Å². The average Bonchev–Trinajstić information content (AvgIpc) is 3.32. The van der Waals surface area contributed by atoms with Crippen LogP contribution in [-0.4, -0.2) is 63.8 Å². The van der Waals surface area contributed by atoms with Gasteiger partial charge in [0, 0.05) is 12.2 Å². The topological polar surface area (TPSA) is 134 Å². The van der Waals surface area contributed by atoms with Crippen molar-refractivity contribution in [1.82, 2.24) is 19.8 Å². The number of sulfone groups is 1. The third kappa shape index (κ3) is 5.53. The molecule has 0 unspecified atom stereocenters. The Kier molecular flexibility index (Phi) is 7.00. The normalized spacial score (nSPS) is 20.3. The second kappa shape index (κ2) is 10.0. The maximum atomic E-state index is 14.4. The Hall–Kier alpha value is -4.12. The minimum Gasteiger partial charge on any atom is -0.444 e. The third-order valence-electron chi connectivity index (χ3n) is 7.27. The van der Waals surface area contributed by atoms with Gasteiger partial charge in [-0.05, 0) is 70.4 Å². The van der Waals surface area contributed by atoms with Crippen LogP contribution in [0.5, 0.6) is 0 Å². The van der Waals surface area contributed by atoms with Crippen molar-refractivity contribution in [3.05, 3.63) is 54.4 Å². The van der Waals surface area contributed by atoms with E-state index in [0.717, 1.165) is 17.0 Å². The number of hydrogen-bond donors (Lipinski definition) is 1. The molecule has 2 atom stereocenters. The Morgan fingerprint density at radius 2 is 1.83 bits per heavy atom. The van der Waals surface area contributed by atoms with Crippen LogP contribution in [0.4, 0.5) is 18.0 Å². The zero-order valence-electron chi connectivity index (χ0n) is 23.0. The number of para-hydroxylation sites is 2. The molecule has 3 aromatic rings. The average molecular weight is 604 g/mol. The van der Waals surface area contributed by atoms with Gasteiger partial charge in [-0.1, -0.05) is 12.1 Å². The number of benzene rings is 2. The molecule has 2 fully saturated rings. The molecule has 0 radical (unpaired) electrons. The summed E-state index contributed by atoms with van der Waals surface area (Å²) in [4.78, 5) is 30.3. The summed E-state index contributed by atoms with van der Waals surface area (Å²) < 4.78 is 77.5. The fraction of sp³-hybridized carbons (Fsp3) is 0.429. The van der Waals surface area contributed by atoms with Crippen LogP contribution in [0.25, 0.3) is 16.7 Å². The van der Waals surface area contributed by atoms with Gasteiger partial charge < -0.3 is 10.1 Å². The monoisotopic (exact) mass is 603 g/mol. The Labute approximate surface area is 240 Å². The summed E-state index contributed by atoms with van der Waals surface area (Å²) in [7, 11) is -4.73. The highest BCUT2D eigenvalue weighted by Gasteiger charge is 2.52. The predicted octanol–water partition coefficient (Wildman–Crippen LogP) is 4.37. The van der Waals surface area contributed by atoms with E-state index in [1.165, 1.54) is 17.0 Å². The summed E-state index contributed by atoms with van der Waals surface area (Å²) in [6.07, 6.45) is -4.37. The van der Waals surface area contributed by atoms with Crippen molar-refractivity contribution in [2.24, 2.45) is 0 Å². The zero-order valence-corrected chi connectivity index (χ0v) is 23.8. The molecular formula is C28H28F3N5O5S. The number of nitrogens with one attached hydrogen (secondary N) is 1. The standard InChI is InChI=1S/C28H28F3N5O5S/c1-26(2,3)41-25(38)35-14-18(13-22(35)24(37)34-27(15-32)10-11-27)42(39,40)23-9-8-17(12-19(23)28(29,30)31)36-16-33-20-6-4-5-7-21(20)36/h4-9,12,16,18,22H,10-11,13-14H2,1-3H3,(H,34,37)/t18-,22+/m1/s1. The number of carbonyl (C=O) groups excluding carboxylic acids is 2. The van der Waals surface area contributed by atoms with Crippen molar-refractivity contribution in [2.75, 3.05) is 6.54 Å². The number of carbonyl (C=O) groups is 2. The molecule has 5 rings (SSSR count). The minimum atomic E-state index is -5.04. The zero-order chi connectivity index (χ0) is 30.7. The molecule has 2 aliphatic rings. The molecule has 10 nitrogen and oxygen atoms in total. The van der Waals surface area contributed by atoms with Crippen LogP contribution in [-0.2, 0) is 25.5 Å². The van der Waals surface area contributed by atoms with E-state index in [9.17, 15) is 36.4 Å². The Morgan fingerprint density at radius 1 is 1.14 bits per heavy atom. The molecule has 0 spiro atoms. The number of ether oxygens (including phenoxy) is 1. The SMILES string of the molecule is CC(C)(C)OC(=O)N1C[C@H](S(=O)(=O)c2ccc(-n3cnc4ccccc43)cc2C(F)(F)F)C[C@H]1C(=O)NC1(C#N)CC1. The molecule has 1 aliphatic carbocycles. The predicted molar refractivity (Wildman–Crippen MR) is 144 cm³/mol. The lowest BCUT2D eigenvalue weighted by atomic mass is 10.1. The second-order valence-electron chi connectivity index (χ2n) is 11.5. The molecule has 1 saturated heterocycles. The van der Waals surface area contributed by atoms with E-state index < -0.39 is 73.9 Å². The van der Waals surface area contributed by atoms with Gasteiger partial charge in [-0.15, -0.1) is 0 Å². The molecule has 222 valence electrons. The van der Waals surface area contributed by atoms with Crippen molar-refractivity contribution in [3.63, 3.8) is 0 Å². The largest absolute Gasteiger partial charge is 0.444 e. The van der Waals surface area contributed by atoms with E-state index in [4.69, 9.17) is 4.74 Å². The van der Waals surface area contributed by atoms with Gasteiger partial charge in [0.05, 0.1) is 32.8 Å². The van der Waals surface area contributed by atoms with Crippen LogP contribution in [0.3, 0.4) is 0 Å². The molecule has 1 aromatic heterocycles. The number of imidazole rings is 1. The van der Waals surface area contributed by atoms with Crippen molar-refractivity contribution in [3.8, 4) is 11.8 Å². The van der Waals surface area contributed by atoms with E-state index in [1.54, 1.807) is 45.0 Å². The van der Waals surface area contributed by atoms with Gasteiger partial charge in [0.15, 0.2) is 9.84 Å². The quantitative estimate of drug-likeness (QED) is 0.458. The number of alkyl halides is 3. The highest BCUT2D eigenvalue weighted by atomic mass is 32.2. The number of rotatable bonds is 5. The number of aromatic nitrogens is 2. The van der Waals surface area contributed by atoms with Gasteiger partial charge in [0.2, 0.25) is 5.91 Å². The van der Waals surface area contributed by atoms with Crippen LogP contribution in [0.2, 0.25) is 0 Å². The number of nitrogens with zero attached hydrogens (tertiary/aromatic N) is 4. The van der Waals surface area contributed by atoms with Crippen molar-refractivity contribution < 1.29 is 35.9 Å². The molecule has 2 heterocycles. The smallest absolute Gasteiger partial charge is 0.417 e. The lowest BCUT2D eigenvalue weighted by molar-refractivity contribution is -0.139. The maximum Gasteiger partial charge on any atom is 0.417 e. The van der Waals surface area contributed by atoms with Gasteiger partial charge in [-0.25, -0.2) is 18.2 Å². The van der Waals surface area contributed by atoms with Gasteiger partial charge >= 0.3 is 12.3 Å². The van der Waals surface area contributed by atoms with Crippen molar-refractivity contribution in [2.45, 2.75) is 73.5 Å². The maximum absolute atomic E-state index is 14.4. The Bertz CT molecular complexity index is 1720. The lowest BCUT2D eigenvalue weighted by Gasteiger charge is -2.28. The first-order valence-electron chi connectivity index (χ1n) is 13.2. The number of halogens is 3. The Morgan fingerprint density at radius 3 is 2.45 bits per heavy atom. The summed E-state index contributed by atoms with van der Waals surface area (Å²) >= 11 is 0. The number of hydrogen-bond acceptors (Lipinski definition) is 7. The van der Waals surface area contributed by atoms with E-state index in [-0.39, 0.29) is 5.69 Å². The number of likely N-dealkylation sites (tertiary alicyclic amines) is 1. The molecule has 2 amide bonds. The molecule has 1 aliphatic heterocycles. The molecule has 42 heavy (non-hydrogen) atoms. The van der Waals surface area contributed by atoms with E-state index >= 15 is 0 Å². The van der Waals surface area contributed by atoms with Crippen LogP contribution in [0.1, 0.15) is 45.6 Å². The van der Waals surface area contributed by atoms with Gasteiger partial charge in [0.25, 0.3) is 0 Å². The molecule has 14 heteroatoms. The first-order chi connectivity index (χ1) is 19.5. The van der Waals surface area contributed by atoms with Gasteiger partial charge in [-0.3, -0.25) is 14.3 Å². The molecular weight excluding hydrogens is 575 g/mol. The number of fused-ring (bicyclic) bond motifs is 1. The fourth-order valence-corrected chi connectivity index (χ4v) is 6.87. The van der Waals surface area contributed by atoms with Crippen molar-refractivity contribution >= 4 is 32.9 Å². The number of amides is 2. The number of nitriles is 1. The highest BCUT2D eigenvalue weighted by Crippen LogP contribution is 2.40. The molecule has 1 saturated carbocycles. The summed E-state index contributed by atoms with van der Waals surface area (Å²) in [5.41, 5.74) is -2.34. The Balaban J connectivity index is 1.52. The van der Waals surface area contributed by atoms with Gasteiger partial charge in [-0.2, -0.15) is 18.4 Å². The molecule has 0 bridgehead atoms. The highest BCUT2D eigenvalue weighted by molar-refractivity contribution is 7.92. The summed E-state index contributed by atoms with van der Waals surface area (Å²) in [5.74, 6) is -0.768. The van der Waals surface area contributed by atoms with E-state index in [0.29, 0.717) is 23.9 Å². The molecule has 1 N–H and O–H groups in total. The van der Waals surface area contributed by atoms with E-state index in [1.807, 2.05) is 6.07 Å².